The topological polar surface area (TPSA) is 12.0 Å². The first-order valence-corrected chi connectivity index (χ1v) is 7.69. The Balaban J connectivity index is 1.88. The van der Waals surface area contributed by atoms with Gasteiger partial charge in [0.1, 0.15) is 5.82 Å². The second-order valence-electron chi connectivity index (χ2n) is 5.91. The van der Waals surface area contributed by atoms with E-state index < -0.39 is 0 Å². The van der Waals surface area contributed by atoms with E-state index in [-0.39, 0.29) is 5.82 Å². The van der Waals surface area contributed by atoms with E-state index in [1.165, 1.54) is 51.0 Å². The van der Waals surface area contributed by atoms with Crippen molar-refractivity contribution in [3.63, 3.8) is 0 Å². The monoisotopic (exact) mass is 263 g/mol. The van der Waals surface area contributed by atoms with Crippen LogP contribution in [0.25, 0.3) is 0 Å². The van der Waals surface area contributed by atoms with Gasteiger partial charge in [0.05, 0.1) is 0 Å². The van der Waals surface area contributed by atoms with Crippen molar-refractivity contribution in [1.29, 1.82) is 0 Å². The first-order valence-electron chi connectivity index (χ1n) is 7.69. The molecule has 0 bridgehead atoms. The smallest absolute Gasteiger partial charge is 0.123 e. The van der Waals surface area contributed by atoms with Gasteiger partial charge in [-0.25, -0.2) is 4.39 Å². The Morgan fingerprint density at radius 3 is 2.58 bits per heavy atom. The fourth-order valence-corrected chi connectivity index (χ4v) is 3.25. The molecule has 1 N–H and O–H groups in total. The molecule has 0 heterocycles. The predicted octanol–water partition coefficient (Wildman–Crippen LogP) is 4.32. The molecule has 1 saturated carbocycles. The van der Waals surface area contributed by atoms with Crippen LogP contribution >= 0.6 is 0 Å². The van der Waals surface area contributed by atoms with Crippen LogP contribution in [0.4, 0.5) is 4.39 Å². The van der Waals surface area contributed by atoms with Crippen LogP contribution in [0.2, 0.25) is 0 Å². The van der Waals surface area contributed by atoms with E-state index in [4.69, 9.17) is 0 Å². The first-order chi connectivity index (χ1) is 9.28. The lowest BCUT2D eigenvalue weighted by atomic mass is 9.90. The molecule has 1 nitrogen and oxygen atoms in total. The van der Waals surface area contributed by atoms with E-state index in [1.807, 2.05) is 19.2 Å². The van der Waals surface area contributed by atoms with E-state index in [1.54, 1.807) is 6.07 Å². The number of benzene rings is 1. The lowest BCUT2D eigenvalue weighted by molar-refractivity contribution is 0.361. The highest BCUT2D eigenvalue weighted by Crippen LogP contribution is 2.27. The van der Waals surface area contributed by atoms with Crippen molar-refractivity contribution in [2.45, 2.75) is 57.4 Å². The molecule has 0 saturated heterocycles. The Morgan fingerprint density at radius 2 is 1.95 bits per heavy atom. The SMILES string of the molecule is CNC(Cc1cccc(F)c1)CC1CCCCCC1. The molecule has 0 aliphatic heterocycles. The summed E-state index contributed by atoms with van der Waals surface area (Å²) in [6.45, 7) is 0. The van der Waals surface area contributed by atoms with Gasteiger partial charge in [-0.3, -0.25) is 0 Å². The van der Waals surface area contributed by atoms with E-state index in [0.717, 1.165) is 17.9 Å². The van der Waals surface area contributed by atoms with Gasteiger partial charge in [-0.1, -0.05) is 50.7 Å². The summed E-state index contributed by atoms with van der Waals surface area (Å²) in [7, 11) is 2.03. The second-order valence-corrected chi connectivity index (χ2v) is 5.91. The lowest BCUT2D eigenvalue weighted by Gasteiger charge is -2.22. The number of rotatable bonds is 5. The van der Waals surface area contributed by atoms with Crippen molar-refractivity contribution < 1.29 is 4.39 Å². The van der Waals surface area contributed by atoms with Gasteiger partial charge in [-0.15, -0.1) is 0 Å². The minimum atomic E-state index is -0.123. The maximum absolute atomic E-state index is 13.2. The van der Waals surface area contributed by atoms with Gasteiger partial charge in [-0.05, 0) is 43.5 Å². The zero-order valence-electron chi connectivity index (χ0n) is 12.0. The van der Waals surface area contributed by atoms with Crippen LogP contribution in [0.1, 0.15) is 50.5 Å². The van der Waals surface area contributed by atoms with Crippen molar-refractivity contribution in [2.24, 2.45) is 5.92 Å². The normalized spacial score (nSPS) is 19.1. The Labute approximate surface area is 116 Å². The number of likely N-dealkylation sites (N-methyl/N-ethyl adjacent to an activating group) is 1. The zero-order valence-corrected chi connectivity index (χ0v) is 12.0. The highest BCUT2D eigenvalue weighted by atomic mass is 19.1. The summed E-state index contributed by atoms with van der Waals surface area (Å²) in [6.07, 6.45) is 10.5. The third-order valence-electron chi connectivity index (χ3n) is 4.37. The third kappa shape index (κ3) is 4.94. The molecule has 0 aromatic heterocycles. The standard InChI is InChI=1S/C17H26FN/c1-19-17(12-14-7-4-2-3-5-8-14)13-15-9-6-10-16(18)11-15/h6,9-11,14,17,19H,2-5,7-8,12-13H2,1H3. The van der Waals surface area contributed by atoms with Crippen LogP contribution < -0.4 is 5.32 Å². The average molecular weight is 263 g/mol. The summed E-state index contributed by atoms with van der Waals surface area (Å²) in [4.78, 5) is 0. The maximum Gasteiger partial charge on any atom is 0.123 e. The quantitative estimate of drug-likeness (QED) is 0.780. The van der Waals surface area contributed by atoms with E-state index >= 15 is 0 Å². The van der Waals surface area contributed by atoms with Gasteiger partial charge >= 0.3 is 0 Å². The Bertz CT molecular complexity index is 369. The molecule has 1 fully saturated rings. The summed E-state index contributed by atoms with van der Waals surface area (Å²) in [5.74, 6) is 0.732. The Morgan fingerprint density at radius 1 is 1.21 bits per heavy atom. The highest BCUT2D eigenvalue weighted by Gasteiger charge is 2.17. The summed E-state index contributed by atoms with van der Waals surface area (Å²) in [5.41, 5.74) is 1.10. The van der Waals surface area contributed by atoms with Gasteiger partial charge in [0.2, 0.25) is 0 Å². The molecular weight excluding hydrogens is 237 g/mol. The molecule has 1 aliphatic rings. The molecule has 1 aromatic carbocycles. The zero-order chi connectivity index (χ0) is 13.5. The van der Waals surface area contributed by atoms with Crippen LogP contribution in [0, 0.1) is 11.7 Å². The average Bonchev–Trinajstić information content (AvgIpc) is 2.66. The highest BCUT2D eigenvalue weighted by molar-refractivity contribution is 5.17. The van der Waals surface area contributed by atoms with Crippen LogP contribution in [0.5, 0.6) is 0 Å². The molecule has 1 atom stereocenters. The molecule has 2 rings (SSSR count). The summed E-state index contributed by atoms with van der Waals surface area (Å²) < 4.78 is 13.2. The number of nitrogens with one attached hydrogen (secondary N) is 1. The van der Waals surface area contributed by atoms with Crippen LogP contribution in [0.15, 0.2) is 24.3 Å². The number of halogens is 1. The van der Waals surface area contributed by atoms with Gasteiger partial charge in [0.15, 0.2) is 0 Å². The molecule has 2 heteroatoms. The van der Waals surface area contributed by atoms with E-state index in [2.05, 4.69) is 5.32 Å². The summed E-state index contributed by atoms with van der Waals surface area (Å²) >= 11 is 0. The van der Waals surface area contributed by atoms with Gasteiger partial charge in [-0.2, -0.15) is 0 Å². The summed E-state index contributed by atoms with van der Waals surface area (Å²) in [6, 6.07) is 7.49. The maximum atomic E-state index is 13.2. The van der Waals surface area contributed by atoms with Crippen molar-refractivity contribution >= 4 is 0 Å². The third-order valence-corrected chi connectivity index (χ3v) is 4.37. The molecular formula is C17H26FN. The second kappa shape index (κ2) is 7.64. The van der Waals surface area contributed by atoms with Crippen molar-refractivity contribution in [1.82, 2.24) is 5.32 Å². The van der Waals surface area contributed by atoms with Crippen molar-refractivity contribution in [3.8, 4) is 0 Å². The molecule has 1 aliphatic carbocycles. The van der Waals surface area contributed by atoms with Crippen LogP contribution in [-0.4, -0.2) is 13.1 Å². The molecule has 1 unspecified atom stereocenters. The minimum absolute atomic E-state index is 0.123. The first kappa shape index (κ1) is 14.5. The number of hydrogen-bond donors (Lipinski definition) is 1. The molecule has 0 radical (unpaired) electrons. The molecule has 0 amide bonds. The fraction of sp³-hybridized carbons (Fsp3) is 0.647. The van der Waals surface area contributed by atoms with E-state index in [9.17, 15) is 4.39 Å². The van der Waals surface area contributed by atoms with Gasteiger partial charge in [0, 0.05) is 6.04 Å². The molecule has 0 spiro atoms. The number of hydrogen-bond acceptors (Lipinski definition) is 1. The van der Waals surface area contributed by atoms with E-state index in [0.29, 0.717) is 6.04 Å². The van der Waals surface area contributed by atoms with Gasteiger partial charge < -0.3 is 5.32 Å². The Hall–Kier alpha value is -0.890. The van der Waals surface area contributed by atoms with Crippen molar-refractivity contribution in [3.05, 3.63) is 35.6 Å². The largest absolute Gasteiger partial charge is 0.317 e. The molecule has 1 aromatic rings. The van der Waals surface area contributed by atoms with Crippen LogP contribution in [0.3, 0.4) is 0 Å². The molecule has 106 valence electrons. The van der Waals surface area contributed by atoms with Crippen molar-refractivity contribution in [2.75, 3.05) is 7.05 Å². The predicted molar refractivity (Wildman–Crippen MR) is 78.8 cm³/mol. The minimum Gasteiger partial charge on any atom is -0.317 e. The summed E-state index contributed by atoms with van der Waals surface area (Å²) in [5, 5.41) is 3.42. The van der Waals surface area contributed by atoms with Crippen LogP contribution in [-0.2, 0) is 6.42 Å². The lowest BCUT2D eigenvalue weighted by Crippen LogP contribution is -2.30. The Kier molecular flexibility index (Phi) is 5.84. The molecule has 19 heavy (non-hydrogen) atoms. The fourth-order valence-electron chi connectivity index (χ4n) is 3.25. The van der Waals surface area contributed by atoms with Gasteiger partial charge in [0.25, 0.3) is 0 Å².